The van der Waals surface area contributed by atoms with Crippen LogP contribution in [0.25, 0.3) is 11.3 Å². The lowest BCUT2D eigenvalue weighted by Crippen LogP contribution is -2.19. The Balaban J connectivity index is 1.66. The molecule has 3 aromatic rings. The van der Waals surface area contributed by atoms with Crippen LogP contribution in [-0.2, 0) is 0 Å². The van der Waals surface area contributed by atoms with Gasteiger partial charge in [0, 0.05) is 23.2 Å². The Morgan fingerprint density at radius 3 is 2.68 bits per heavy atom. The van der Waals surface area contributed by atoms with Gasteiger partial charge < -0.3 is 9.47 Å². The molecule has 0 radical (unpaired) electrons. The molecule has 0 unspecified atom stereocenters. The van der Waals surface area contributed by atoms with Crippen molar-refractivity contribution in [2.45, 2.75) is 6.18 Å². The van der Waals surface area contributed by atoms with Crippen LogP contribution < -0.4 is 14.8 Å². The molecule has 0 saturated heterocycles. The molecule has 0 aliphatic rings. The number of pyridine rings is 1. The molecule has 10 heteroatoms. The van der Waals surface area contributed by atoms with Gasteiger partial charge in [-0.15, -0.1) is 11.3 Å². The average molecular weight is 409 g/mol. The highest BCUT2D eigenvalue weighted by atomic mass is 32.1. The minimum atomic E-state index is -4.46. The number of thiazole rings is 1. The average Bonchev–Trinajstić information content (AvgIpc) is 3.14. The largest absolute Gasteiger partial charge is 0.496 e. The fourth-order valence-corrected chi connectivity index (χ4v) is 2.94. The predicted molar refractivity (Wildman–Crippen MR) is 97.8 cm³/mol. The third-order valence-corrected chi connectivity index (χ3v) is 4.25. The number of nitrogens with zero attached hydrogens (tertiary/aromatic N) is 2. The third kappa shape index (κ3) is 4.97. The van der Waals surface area contributed by atoms with E-state index >= 15 is 0 Å². The number of ether oxygens (including phenoxy) is 2. The van der Waals surface area contributed by atoms with Gasteiger partial charge in [0.05, 0.1) is 18.4 Å². The van der Waals surface area contributed by atoms with E-state index in [2.05, 4.69) is 20.0 Å². The van der Waals surface area contributed by atoms with Gasteiger partial charge in [0.2, 0.25) is 5.88 Å². The van der Waals surface area contributed by atoms with Crippen LogP contribution in [0, 0.1) is 0 Å². The fraction of sp³-hybridized carbons (Fsp3) is 0.167. The van der Waals surface area contributed by atoms with Crippen LogP contribution in [0.1, 0.15) is 10.4 Å². The van der Waals surface area contributed by atoms with Crippen molar-refractivity contribution in [1.82, 2.24) is 9.97 Å². The first kappa shape index (κ1) is 19.6. The molecule has 0 saturated carbocycles. The number of anilines is 1. The number of benzene rings is 1. The minimum Gasteiger partial charge on any atom is -0.496 e. The van der Waals surface area contributed by atoms with Crippen LogP contribution in [0.4, 0.5) is 18.3 Å². The predicted octanol–water partition coefficient (Wildman–Crippen LogP) is 4.41. The van der Waals surface area contributed by atoms with Crippen LogP contribution in [0.2, 0.25) is 0 Å². The number of halogens is 3. The molecule has 1 amide bonds. The Morgan fingerprint density at radius 1 is 1.21 bits per heavy atom. The summed E-state index contributed by atoms with van der Waals surface area (Å²) in [5.41, 5.74) is 1.59. The number of amides is 1. The summed E-state index contributed by atoms with van der Waals surface area (Å²) in [6, 6.07) is 9.87. The first-order chi connectivity index (χ1) is 13.4. The Kier molecular flexibility index (Phi) is 5.78. The molecule has 0 bridgehead atoms. The zero-order valence-corrected chi connectivity index (χ0v) is 15.3. The van der Waals surface area contributed by atoms with Crippen molar-refractivity contribution in [2.75, 3.05) is 19.0 Å². The zero-order chi connectivity index (χ0) is 20.1. The molecule has 0 aliphatic heterocycles. The summed E-state index contributed by atoms with van der Waals surface area (Å²) in [5.74, 6) is -0.0540. The van der Waals surface area contributed by atoms with Crippen molar-refractivity contribution < 1.29 is 27.4 Å². The molecule has 28 heavy (non-hydrogen) atoms. The molecule has 6 nitrogen and oxygen atoms in total. The van der Waals surface area contributed by atoms with Gasteiger partial charge in [-0.3, -0.25) is 10.1 Å². The van der Waals surface area contributed by atoms with E-state index in [1.165, 1.54) is 23.5 Å². The van der Waals surface area contributed by atoms with Crippen LogP contribution in [0.3, 0.4) is 0 Å². The zero-order valence-electron chi connectivity index (χ0n) is 14.5. The molecule has 2 heterocycles. The van der Waals surface area contributed by atoms with E-state index in [1.807, 2.05) is 18.2 Å². The Morgan fingerprint density at radius 2 is 2.00 bits per heavy atom. The van der Waals surface area contributed by atoms with E-state index in [0.717, 1.165) is 11.8 Å². The van der Waals surface area contributed by atoms with Crippen molar-refractivity contribution in [3.63, 3.8) is 0 Å². The minimum absolute atomic E-state index is 0.161. The summed E-state index contributed by atoms with van der Waals surface area (Å²) in [5, 5.41) is 4.77. The molecule has 0 fully saturated rings. The molecule has 0 spiro atoms. The van der Waals surface area contributed by atoms with Gasteiger partial charge in [-0.1, -0.05) is 12.1 Å². The topological polar surface area (TPSA) is 73.3 Å². The Hall–Kier alpha value is -3.14. The summed E-state index contributed by atoms with van der Waals surface area (Å²) in [4.78, 5) is 20.3. The Labute approximate surface area is 162 Å². The summed E-state index contributed by atoms with van der Waals surface area (Å²) >= 11 is 1.23. The number of para-hydroxylation sites is 1. The monoisotopic (exact) mass is 409 g/mol. The van der Waals surface area contributed by atoms with Crippen LogP contribution in [0.15, 0.2) is 48.0 Å². The highest BCUT2D eigenvalue weighted by Crippen LogP contribution is 2.32. The molecular formula is C18H14F3N3O3S. The van der Waals surface area contributed by atoms with Crippen molar-refractivity contribution in [1.29, 1.82) is 0 Å². The summed E-state index contributed by atoms with van der Waals surface area (Å²) in [7, 11) is 1.56. The van der Waals surface area contributed by atoms with Crippen LogP contribution >= 0.6 is 11.3 Å². The number of hydrogen-bond donors (Lipinski definition) is 1. The standard InChI is InChI=1S/C18H14F3N3O3S/c1-26-14-5-3-2-4-12(14)13-9-28-17(23-13)24-16(25)11-6-7-15(22-8-11)27-10-18(19,20)21/h2-9H,10H2,1H3,(H,23,24,25). The SMILES string of the molecule is COc1ccccc1-c1csc(NC(=O)c2ccc(OCC(F)(F)F)nc2)n1. The molecule has 0 atom stereocenters. The number of nitrogens with one attached hydrogen (secondary N) is 1. The van der Waals surface area contributed by atoms with Gasteiger partial charge in [-0.25, -0.2) is 9.97 Å². The van der Waals surface area contributed by atoms with Gasteiger partial charge in [-0.2, -0.15) is 13.2 Å². The van der Waals surface area contributed by atoms with Gasteiger partial charge in [0.1, 0.15) is 5.75 Å². The number of carbonyl (C=O) groups is 1. The molecule has 1 aromatic carbocycles. The molecule has 0 aliphatic carbocycles. The lowest BCUT2D eigenvalue weighted by Gasteiger charge is -2.08. The number of hydrogen-bond acceptors (Lipinski definition) is 6. The highest BCUT2D eigenvalue weighted by Gasteiger charge is 2.28. The number of aromatic nitrogens is 2. The molecule has 3 rings (SSSR count). The number of methoxy groups -OCH3 is 1. The number of rotatable bonds is 6. The first-order valence-electron chi connectivity index (χ1n) is 7.91. The molecule has 146 valence electrons. The maximum absolute atomic E-state index is 12.3. The lowest BCUT2D eigenvalue weighted by molar-refractivity contribution is -0.154. The van der Waals surface area contributed by atoms with E-state index < -0.39 is 18.7 Å². The maximum Gasteiger partial charge on any atom is 0.422 e. The molecule has 2 aromatic heterocycles. The number of carbonyl (C=O) groups excluding carboxylic acids is 1. The Bertz CT molecular complexity index is 958. The van der Waals surface area contributed by atoms with E-state index in [1.54, 1.807) is 18.6 Å². The van der Waals surface area contributed by atoms with Gasteiger partial charge in [-0.05, 0) is 18.2 Å². The second-order valence-corrected chi connectivity index (χ2v) is 6.34. The van der Waals surface area contributed by atoms with Crippen LogP contribution in [0.5, 0.6) is 11.6 Å². The van der Waals surface area contributed by atoms with Gasteiger partial charge in [0.15, 0.2) is 11.7 Å². The summed E-state index contributed by atoms with van der Waals surface area (Å²) in [6.45, 7) is -1.45. The molecular weight excluding hydrogens is 395 g/mol. The van der Waals surface area contributed by atoms with E-state index in [-0.39, 0.29) is 11.4 Å². The first-order valence-corrected chi connectivity index (χ1v) is 8.79. The smallest absolute Gasteiger partial charge is 0.422 e. The van der Waals surface area contributed by atoms with E-state index in [0.29, 0.717) is 16.6 Å². The number of alkyl halides is 3. The summed E-state index contributed by atoms with van der Waals surface area (Å²) in [6.07, 6.45) is -3.32. The highest BCUT2D eigenvalue weighted by molar-refractivity contribution is 7.14. The second kappa shape index (κ2) is 8.26. The van der Waals surface area contributed by atoms with Crippen molar-refractivity contribution in [2.24, 2.45) is 0 Å². The summed E-state index contributed by atoms with van der Waals surface area (Å²) < 4.78 is 46.2. The van der Waals surface area contributed by atoms with Gasteiger partial charge >= 0.3 is 6.18 Å². The second-order valence-electron chi connectivity index (χ2n) is 5.48. The quantitative estimate of drug-likeness (QED) is 0.653. The van der Waals surface area contributed by atoms with Crippen molar-refractivity contribution in [3.05, 3.63) is 53.5 Å². The van der Waals surface area contributed by atoms with Crippen molar-refractivity contribution >= 4 is 22.4 Å². The molecule has 1 N–H and O–H groups in total. The van der Waals surface area contributed by atoms with E-state index in [4.69, 9.17) is 4.74 Å². The van der Waals surface area contributed by atoms with E-state index in [9.17, 15) is 18.0 Å². The van der Waals surface area contributed by atoms with Gasteiger partial charge in [0.25, 0.3) is 5.91 Å². The third-order valence-electron chi connectivity index (χ3n) is 3.49. The maximum atomic E-state index is 12.3. The normalized spacial score (nSPS) is 11.1. The van der Waals surface area contributed by atoms with Crippen LogP contribution in [-0.4, -0.2) is 35.8 Å². The lowest BCUT2D eigenvalue weighted by atomic mass is 10.1. The fourth-order valence-electron chi connectivity index (χ4n) is 2.24. The van der Waals surface area contributed by atoms with Crippen molar-refractivity contribution in [3.8, 4) is 22.9 Å².